The van der Waals surface area contributed by atoms with Crippen LogP contribution in [0.4, 0.5) is 0 Å². The van der Waals surface area contributed by atoms with Gasteiger partial charge in [-0.15, -0.1) is 0 Å². The molecule has 0 spiro atoms. The van der Waals surface area contributed by atoms with Gasteiger partial charge >= 0.3 is 5.97 Å². The summed E-state index contributed by atoms with van der Waals surface area (Å²) in [5.41, 5.74) is 14.6. The number of hydrogen-bond donors (Lipinski definition) is 2. The highest BCUT2D eigenvalue weighted by atomic mass is 16.5. The maximum absolute atomic E-state index is 12.9. The predicted octanol–water partition coefficient (Wildman–Crippen LogP) is 6.67. The van der Waals surface area contributed by atoms with E-state index in [0.29, 0.717) is 17.9 Å². The Kier molecular flexibility index (Phi) is 8.66. The number of hydrogen-bond acceptors (Lipinski definition) is 7. The number of nitrogens with two attached hydrogens (primary N) is 2. The van der Waals surface area contributed by atoms with Crippen molar-refractivity contribution < 1.29 is 14.3 Å². The van der Waals surface area contributed by atoms with Crippen LogP contribution in [0.1, 0.15) is 40.9 Å². The molecule has 8 nitrogen and oxygen atoms in total. The van der Waals surface area contributed by atoms with E-state index >= 15 is 0 Å². The average molecular weight is 600 g/mol. The molecule has 8 heteroatoms. The van der Waals surface area contributed by atoms with Crippen LogP contribution < -0.4 is 16.3 Å². The molecule has 1 aromatic heterocycles. The van der Waals surface area contributed by atoms with Crippen molar-refractivity contribution in [2.24, 2.45) is 17.5 Å². The van der Waals surface area contributed by atoms with Gasteiger partial charge in [-0.3, -0.25) is 0 Å². The molecule has 0 saturated heterocycles. The van der Waals surface area contributed by atoms with Crippen LogP contribution in [-0.4, -0.2) is 34.4 Å². The number of carbonyl (C=O) groups is 1. The molecule has 5 aromatic rings. The molecule has 228 valence electrons. The standard InChI is InChI=1S/C37H37N5O3/c1-3-44-37(43)34-22-40-42(36(34)33-21-32(33)35(38)23-41(2)39)30-13-7-11-28(19-30)29-12-8-14-31(20-29)45-24-25-15-17-27(18-16-25)26-9-5-4-6-10-26/h4-20,22-23,32-33H,3,21,24,38-39H2,1-2H3/b35-23-/t32-,33?/m0/s1. The zero-order valence-corrected chi connectivity index (χ0v) is 25.5. The van der Waals surface area contributed by atoms with Crippen LogP contribution in [0.3, 0.4) is 0 Å². The summed E-state index contributed by atoms with van der Waals surface area (Å²) in [7, 11) is 1.73. The van der Waals surface area contributed by atoms with Crippen LogP contribution in [0.2, 0.25) is 0 Å². The van der Waals surface area contributed by atoms with Crippen molar-refractivity contribution in [3.63, 3.8) is 0 Å². The monoisotopic (exact) mass is 599 g/mol. The molecule has 45 heavy (non-hydrogen) atoms. The van der Waals surface area contributed by atoms with Crippen LogP contribution in [-0.2, 0) is 11.3 Å². The number of allylic oxidation sites excluding steroid dienone is 1. The molecule has 4 aromatic carbocycles. The topological polar surface area (TPSA) is 109 Å². The number of benzene rings is 4. The fourth-order valence-electron chi connectivity index (χ4n) is 5.66. The summed E-state index contributed by atoms with van der Waals surface area (Å²) in [6, 6.07) is 34.9. The van der Waals surface area contributed by atoms with E-state index in [1.54, 1.807) is 26.4 Å². The predicted molar refractivity (Wildman–Crippen MR) is 176 cm³/mol. The van der Waals surface area contributed by atoms with E-state index in [9.17, 15) is 4.79 Å². The minimum absolute atomic E-state index is 0.0187. The zero-order chi connectivity index (χ0) is 31.3. The van der Waals surface area contributed by atoms with Crippen LogP contribution in [0.5, 0.6) is 5.75 Å². The van der Waals surface area contributed by atoms with Crippen molar-refractivity contribution in [3.05, 3.63) is 138 Å². The van der Waals surface area contributed by atoms with Crippen molar-refractivity contribution >= 4 is 5.97 Å². The second kappa shape index (κ2) is 13.1. The molecule has 0 bridgehead atoms. The quantitative estimate of drug-likeness (QED) is 0.0992. The molecule has 4 N–H and O–H groups in total. The maximum atomic E-state index is 12.9. The molecule has 2 atom stereocenters. The van der Waals surface area contributed by atoms with Gasteiger partial charge in [0.2, 0.25) is 0 Å². The third-order valence-electron chi connectivity index (χ3n) is 7.95. The van der Waals surface area contributed by atoms with E-state index < -0.39 is 5.97 Å². The Morgan fingerprint density at radius 2 is 1.62 bits per heavy atom. The Morgan fingerprint density at radius 1 is 0.933 bits per heavy atom. The smallest absolute Gasteiger partial charge is 0.341 e. The van der Waals surface area contributed by atoms with Gasteiger partial charge in [0.15, 0.2) is 0 Å². The highest BCUT2D eigenvalue weighted by Gasteiger charge is 2.45. The first kappa shape index (κ1) is 29.7. The first-order valence-electron chi connectivity index (χ1n) is 15.1. The van der Waals surface area contributed by atoms with Crippen LogP contribution >= 0.6 is 0 Å². The van der Waals surface area contributed by atoms with Gasteiger partial charge in [-0.25, -0.2) is 15.3 Å². The lowest BCUT2D eigenvalue weighted by Gasteiger charge is -2.13. The maximum Gasteiger partial charge on any atom is 0.341 e. The second-order valence-electron chi connectivity index (χ2n) is 11.2. The van der Waals surface area contributed by atoms with Gasteiger partial charge in [-0.2, -0.15) is 5.10 Å². The molecule has 0 aliphatic heterocycles. The third kappa shape index (κ3) is 6.76. The minimum Gasteiger partial charge on any atom is -0.489 e. The summed E-state index contributed by atoms with van der Waals surface area (Å²) in [4.78, 5) is 12.9. The van der Waals surface area contributed by atoms with E-state index in [4.69, 9.17) is 21.1 Å². The molecule has 0 radical (unpaired) electrons. The average Bonchev–Trinajstić information content (AvgIpc) is 3.74. The van der Waals surface area contributed by atoms with Crippen LogP contribution in [0.25, 0.3) is 27.9 Å². The summed E-state index contributed by atoms with van der Waals surface area (Å²) in [5.74, 6) is 6.26. The Bertz CT molecular complexity index is 1810. The summed E-state index contributed by atoms with van der Waals surface area (Å²) in [6.07, 6.45) is 4.10. The number of ether oxygens (including phenoxy) is 2. The van der Waals surface area contributed by atoms with E-state index in [2.05, 4.69) is 59.7 Å². The lowest BCUT2D eigenvalue weighted by molar-refractivity contribution is 0.0525. The number of carbonyl (C=O) groups excluding carboxylic acids is 1. The van der Waals surface area contributed by atoms with E-state index in [-0.39, 0.29) is 18.4 Å². The van der Waals surface area contributed by atoms with Crippen molar-refractivity contribution in [2.45, 2.75) is 25.9 Å². The highest BCUT2D eigenvalue weighted by Crippen LogP contribution is 2.52. The SMILES string of the molecule is CCOC(=O)c1cnn(-c2cccc(-c3cccc(OCc4ccc(-c5ccccc5)cc4)c3)c2)c1C1C[C@@H]1/C(N)=C/N(C)N. The Morgan fingerprint density at radius 3 is 2.36 bits per heavy atom. The van der Waals surface area contributed by atoms with Crippen molar-refractivity contribution in [1.29, 1.82) is 0 Å². The molecular weight excluding hydrogens is 562 g/mol. The Hall–Kier alpha value is -5.34. The third-order valence-corrected chi connectivity index (χ3v) is 7.95. The van der Waals surface area contributed by atoms with E-state index in [0.717, 1.165) is 40.2 Å². The van der Waals surface area contributed by atoms with Gasteiger partial charge in [-0.1, -0.05) is 78.9 Å². The molecule has 1 heterocycles. The van der Waals surface area contributed by atoms with Gasteiger partial charge in [0.1, 0.15) is 17.9 Å². The molecule has 6 rings (SSSR count). The largest absolute Gasteiger partial charge is 0.489 e. The minimum atomic E-state index is -0.390. The molecule has 1 fully saturated rings. The van der Waals surface area contributed by atoms with Gasteiger partial charge in [0, 0.05) is 30.8 Å². The van der Waals surface area contributed by atoms with Gasteiger partial charge < -0.3 is 20.2 Å². The number of rotatable bonds is 11. The second-order valence-corrected chi connectivity index (χ2v) is 11.2. The Balaban J connectivity index is 1.22. The summed E-state index contributed by atoms with van der Waals surface area (Å²) in [6.45, 7) is 2.54. The lowest BCUT2D eigenvalue weighted by atomic mass is 10.0. The van der Waals surface area contributed by atoms with Gasteiger partial charge in [0.25, 0.3) is 0 Å². The first-order chi connectivity index (χ1) is 21.9. The molecule has 1 aliphatic rings. The summed E-state index contributed by atoms with van der Waals surface area (Å²) < 4.78 is 13.4. The van der Waals surface area contributed by atoms with E-state index in [1.165, 1.54) is 16.1 Å². The molecule has 0 amide bonds. The van der Waals surface area contributed by atoms with E-state index in [1.807, 2.05) is 53.2 Å². The fourth-order valence-corrected chi connectivity index (χ4v) is 5.66. The normalized spacial score (nSPS) is 15.8. The first-order valence-corrected chi connectivity index (χ1v) is 15.1. The summed E-state index contributed by atoms with van der Waals surface area (Å²) in [5, 5.41) is 6.08. The Labute approximate surface area is 263 Å². The molecular formula is C37H37N5O3. The molecule has 1 aliphatic carbocycles. The highest BCUT2D eigenvalue weighted by molar-refractivity contribution is 5.91. The summed E-state index contributed by atoms with van der Waals surface area (Å²) >= 11 is 0. The fraction of sp³-hybridized carbons (Fsp3) is 0.189. The van der Waals surface area contributed by atoms with Crippen molar-refractivity contribution in [2.75, 3.05) is 13.7 Å². The number of esters is 1. The van der Waals surface area contributed by atoms with Crippen LogP contribution in [0.15, 0.2) is 121 Å². The van der Waals surface area contributed by atoms with Crippen molar-refractivity contribution in [3.8, 4) is 33.7 Å². The molecule has 1 saturated carbocycles. The van der Waals surface area contributed by atoms with Gasteiger partial charge in [-0.05, 0) is 65.4 Å². The number of hydrazine groups is 1. The lowest BCUT2D eigenvalue weighted by Crippen LogP contribution is -2.21. The number of nitrogens with zero attached hydrogens (tertiary/aromatic N) is 3. The molecule has 1 unspecified atom stereocenters. The van der Waals surface area contributed by atoms with Crippen molar-refractivity contribution in [1.82, 2.24) is 14.8 Å². The number of aromatic nitrogens is 2. The van der Waals surface area contributed by atoms with Crippen LogP contribution in [0, 0.1) is 5.92 Å². The zero-order valence-electron chi connectivity index (χ0n) is 25.5. The van der Waals surface area contributed by atoms with Gasteiger partial charge in [0.05, 0.1) is 24.2 Å².